The number of likely N-dealkylation sites (tertiary alicyclic amines) is 1. The van der Waals surface area contributed by atoms with Gasteiger partial charge in [0.2, 0.25) is 0 Å². The highest BCUT2D eigenvalue weighted by Gasteiger charge is 2.23. The molecule has 0 aliphatic carbocycles. The number of hydrogen-bond donors (Lipinski definition) is 1. The second-order valence-corrected chi connectivity index (χ2v) is 7.17. The summed E-state index contributed by atoms with van der Waals surface area (Å²) in [6.45, 7) is 7.62. The van der Waals surface area contributed by atoms with Gasteiger partial charge < -0.3 is 14.8 Å². The highest BCUT2D eigenvalue weighted by Crippen LogP contribution is 2.21. The summed E-state index contributed by atoms with van der Waals surface area (Å²) >= 11 is 0. The van der Waals surface area contributed by atoms with Gasteiger partial charge in [-0.15, -0.1) is 0 Å². The Kier molecular flexibility index (Phi) is 5.74. The molecule has 1 saturated heterocycles. The molecule has 1 aliphatic heterocycles. The summed E-state index contributed by atoms with van der Waals surface area (Å²) in [5.41, 5.74) is 1.13. The first-order valence-corrected chi connectivity index (χ1v) is 9.21. The number of piperidine rings is 1. The number of hydrogen-bond acceptors (Lipinski definition) is 2. The zero-order valence-corrected chi connectivity index (χ0v) is 15.2. The topological polar surface area (TPSA) is 50.2 Å². The van der Waals surface area contributed by atoms with Gasteiger partial charge in [-0.2, -0.15) is 0 Å². The molecule has 2 heterocycles. The van der Waals surface area contributed by atoms with E-state index in [9.17, 15) is 4.79 Å². The number of aromatic nitrogens is 2. The van der Waals surface area contributed by atoms with Crippen LogP contribution in [0.2, 0.25) is 0 Å². The fraction of sp³-hybridized carbons (Fsp3) is 0.500. The van der Waals surface area contributed by atoms with Gasteiger partial charge in [0.05, 0.1) is 0 Å². The van der Waals surface area contributed by atoms with Gasteiger partial charge in [0.1, 0.15) is 5.82 Å². The molecule has 1 aromatic heterocycles. The van der Waals surface area contributed by atoms with Gasteiger partial charge in [0.25, 0.3) is 0 Å². The molecule has 3 rings (SSSR count). The first-order chi connectivity index (χ1) is 12.1. The van der Waals surface area contributed by atoms with Gasteiger partial charge in [-0.3, -0.25) is 0 Å². The molecule has 0 unspecified atom stereocenters. The van der Waals surface area contributed by atoms with E-state index in [-0.39, 0.29) is 6.03 Å². The van der Waals surface area contributed by atoms with Crippen LogP contribution < -0.4 is 5.32 Å². The van der Waals surface area contributed by atoms with E-state index in [1.807, 2.05) is 41.4 Å². The van der Waals surface area contributed by atoms with Crippen LogP contribution in [-0.4, -0.2) is 33.6 Å². The minimum Gasteiger partial charge on any atom is -0.334 e. The van der Waals surface area contributed by atoms with E-state index in [0.29, 0.717) is 18.4 Å². The Morgan fingerprint density at radius 2 is 1.96 bits per heavy atom. The number of rotatable bonds is 5. The zero-order chi connectivity index (χ0) is 17.6. The fourth-order valence-corrected chi connectivity index (χ4v) is 3.46. The summed E-state index contributed by atoms with van der Waals surface area (Å²) in [5, 5.41) is 3.02. The van der Waals surface area contributed by atoms with E-state index in [0.717, 1.165) is 43.9 Å². The molecule has 5 heteroatoms. The van der Waals surface area contributed by atoms with E-state index in [2.05, 4.69) is 34.9 Å². The number of nitrogens with one attached hydrogen (secondary N) is 1. The lowest BCUT2D eigenvalue weighted by Crippen LogP contribution is -2.44. The molecule has 0 spiro atoms. The second-order valence-electron chi connectivity index (χ2n) is 7.17. The summed E-state index contributed by atoms with van der Waals surface area (Å²) in [6.07, 6.45) is 6.07. The smallest absolute Gasteiger partial charge is 0.317 e. The van der Waals surface area contributed by atoms with Crippen molar-refractivity contribution in [1.82, 2.24) is 19.8 Å². The Labute approximate surface area is 150 Å². The standard InChI is InChI=1S/C20H28N4O/c1-16(2)19-21-10-13-24(19)15-18-8-11-23(12-9-18)20(25)22-14-17-6-4-3-5-7-17/h3-7,10,13,16,18H,8-9,11-12,14-15H2,1-2H3,(H,22,25). The van der Waals surface area contributed by atoms with E-state index >= 15 is 0 Å². The lowest BCUT2D eigenvalue weighted by molar-refractivity contribution is 0.165. The Morgan fingerprint density at radius 1 is 1.24 bits per heavy atom. The minimum absolute atomic E-state index is 0.0489. The van der Waals surface area contributed by atoms with Crippen LogP contribution >= 0.6 is 0 Å². The van der Waals surface area contributed by atoms with Gasteiger partial charge in [-0.05, 0) is 24.3 Å². The number of carbonyl (C=O) groups is 1. The van der Waals surface area contributed by atoms with Crippen molar-refractivity contribution in [3.05, 3.63) is 54.1 Å². The lowest BCUT2D eigenvalue weighted by atomic mass is 9.96. The Hall–Kier alpha value is -2.30. The van der Waals surface area contributed by atoms with Crippen molar-refractivity contribution in [3.63, 3.8) is 0 Å². The Morgan fingerprint density at radius 3 is 2.64 bits per heavy atom. The summed E-state index contributed by atoms with van der Waals surface area (Å²) in [5.74, 6) is 2.21. The predicted octanol–water partition coefficient (Wildman–Crippen LogP) is 3.63. The first-order valence-electron chi connectivity index (χ1n) is 9.21. The number of benzene rings is 1. The highest BCUT2D eigenvalue weighted by atomic mass is 16.2. The van der Waals surface area contributed by atoms with Crippen molar-refractivity contribution in [3.8, 4) is 0 Å². The molecule has 1 aromatic carbocycles. The van der Waals surface area contributed by atoms with Crippen molar-refractivity contribution < 1.29 is 4.79 Å². The Balaban J connectivity index is 1.45. The zero-order valence-electron chi connectivity index (χ0n) is 15.2. The molecular formula is C20H28N4O. The molecular weight excluding hydrogens is 312 g/mol. The Bertz CT molecular complexity index is 672. The number of urea groups is 1. The van der Waals surface area contributed by atoms with Crippen LogP contribution in [0.4, 0.5) is 4.79 Å². The maximum atomic E-state index is 12.3. The SMILES string of the molecule is CC(C)c1nccn1CC1CCN(C(=O)NCc2ccccc2)CC1. The lowest BCUT2D eigenvalue weighted by Gasteiger charge is -2.32. The van der Waals surface area contributed by atoms with Crippen LogP contribution in [0.3, 0.4) is 0 Å². The number of imidazole rings is 1. The largest absolute Gasteiger partial charge is 0.334 e. The van der Waals surface area contributed by atoms with E-state index in [1.165, 1.54) is 0 Å². The molecule has 25 heavy (non-hydrogen) atoms. The van der Waals surface area contributed by atoms with Crippen LogP contribution in [0.5, 0.6) is 0 Å². The van der Waals surface area contributed by atoms with Crippen LogP contribution in [0.25, 0.3) is 0 Å². The van der Waals surface area contributed by atoms with Gasteiger partial charge in [0.15, 0.2) is 0 Å². The number of carbonyl (C=O) groups excluding carboxylic acids is 1. The van der Waals surface area contributed by atoms with Crippen LogP contribution in [-0.2, 0) is 13.1 Å². The van der Waals surface area contributed by atoms with Gasteiger partial charge >= 0.3 is 6.03 Å². The van der Waals surface area contributed by atoms with Crippen molar-refractivity contribution in [2.75, 3.05) is 13.1 Å². The molecule has 1 fully saturated rings. The normalized spacial score (nSPS) is 15.6. The molecule has 0 atom stereocenters. The molecule has 1 aliphatic rings. The third-order valence-corrected chi connectivity index (χ3v) is 4.91. The van der Waals surface area contributed by atoms with Crippen molar-refractivity contribution >= 4 is 6.03 Å². The third kappa shape index (κ3) is 4.62. The molecule has 134 valence electrons. The monoisotopic (exact) mass is 340 g/mol. The van der Waals surface area contributed by atoms with Gasteiger partial charge in [0, 0.05) is 44.5 Å². The van der Waals surface area contributed by atoms with Crippen molar-refractivity contribution in [2.24, 2.45) is 5.92 Å². The molecule has 2 amide bonds. The summed E-state index contributed by atoms with van der Waals surface area (Å²) < 4.78 is 2.28. The van der Waals surface area contributed by atoms with Gasteiger partial charge in [-0.1, -0.05) is 44.2 Å². The average Bonchev–Trinajstić information content (AvgIpc) is 3.09. The van der Waals surface area contributed by atoms with E-state index in [1.54, 1.807) is 0 Å². The fourth-order valence-electron chi connectivity index (χ4n) is 3.46. The molecule has 5 nitrogen and oxygen atoms in total. The number of amides is 2. The minimum atomic E-state index is 0.0489. The highest BCUT2D eigenvalue weighted by molar-refractivity contribution is 5.74. The van der Waals surface area contributed by atoms with Crippen LogP contribution in [0, 0.1) is 5.92 Å². The summed E-state index contributed by atoms with van der Waals surface area (Å²) in [6, 6.07) is 10.1. The van der Waals surface area contributed by atoms with Gasteiger partial charge in [-0.25, -0.2) is 9.78 Å². The maximum absolute atomic E-state index is 12.3. The van der Waals surface area contributed by atoms with Crippen molar-refractivity contribution in [2.45, 2.75) is 45.7 Å². The van der Waals surface area contributed by atoms with E-state index < -0.39 is 0 Å². The third-order valence-electron chi connectivity index (χ3n) is 4.91. The predicted molar refractivity (Wildman–Crippen MR) is 99.3 cm³/mol. The molecule has 2 aromatic rings. The average molecular weight is 340 g/mol. The van der Waals surface area contributed by atoms with Crippen molar-refractivity contribution in [1.29, 1.82) is 0 Å². The molecule has 1 N–H and O–H groups in total. The molecule has 0 radical (unpaired) electrons. The van der Waals surface area contributed by atoms with Crippen LogP contribution in [0.15, 0.2) is 42.7 Å². The summed E-state index contributed by atoms with van der Waals surface area (Å²) in [7, 11) is 0. The summed E-state index contributed by atoms with van der Waals surface area (Å²) in [4.78, 5) is 18.7. The van der Waals surface area contributed by atoms with E-state index in [4.69, 9.17) is 0 Å². The molecule has 0 bridgehead atoms. The molecule has 0 saturated carbocycles. The number of nitrogens with zero attached hydrogens (tertiary/aromatic N) is 3. The quantitative estimate of drug-likeness (QED) is 0.903. The maximum Gasteiger partial charge on any atom is 0.317 e. The second kappa shape index (κ2) is 8.19. The first kappa shape index (κ1) is 17.5. The van der Waals surface area contributed by atoms with Crippen LogP contribution in [0.1, 0.15) is 44.0 Å².